The van der Waals surface area contributed by atoms with Gasteiger partial charge in [0.05, 0.1) is 30.2 Å². The third-order valence-corrected chi connectivity index (χ3v) is 3.57. The lowest BCUT2D eigenvalue weighted by Gasteiger charge is -2.10. The lowest BCUT2D eigenvalue weighted by atomic mass is 10.2. The van der Waals surface area contributed by atoms with E-state index in [2.05, 4.69) is 15.6 Å². The number of nitrogens with zero attached hydrogens (tertiary/aromatic N) is 1. The number of hydrogen-bond donors (Lipinski definition) is 2. The quantitative estimate of drug-likeness (QED) is 0.714. The molecular weight excluding hydrogens is 340 g/mol. The minimum Gasteiger partial charge on any atom is -0.496 e. The molecule has 0 atom stereocenters. The highest BCUT2D eigenvalue weighted by Gasteiger charge is 2.12. The van der Waals surface area contributed by atoms with Crippen LogP contribution in [0.3, 0.4) is 0 Å². The molecule has 0 fully saturated rings. The zero-order valence-corrected chi connectivity index (χ0v) is 13.8. The zero-order chi connectivity index (χ0) is 18.5. The number of benzene rings is 2. The molecule has 1 amide bonds. The first-order valence-corrected chi connectivity index (χ1v) is 7.69. The smallest absolute Gasteiger partial charge is 0.260 e. The van der Waals surface area contributed by atoms with Crippen LogP contribution in [0.1, 0.15) is 10.4 Å². The lowest BCUT2D eigenvalue weighted by molar-refractivity contribution is 0.102. The van der Waals surface area contributed by atoms with Crippen LogP contribution in [-0.2, 0) is 0 Å². The lowest BCUT2D eigenvalue weighted by Crippen LogP contribution is -2.14. The average molecular weight is 355 g/mol. The van der Waals surface area contributed by atoms with Crippen LogP contribution in [0.4, 0.5) is 26.0 Å². The van der Waals surface area contributed by atoms with Gasteiger partial charge in [0.2, 0.25) is 0 Å². The number of hydrogen-bond acceptors (Lipinski definition) is 4. The molecule has 3 rings (SSSR count). The highest BCUT2D eigenvalue weighted by Crippen LogP contribution is 2.22. The molecule has 2 aromatic carbocycles. The number of nitrogens with one attached hydrogen (secondary N) is 2. The largest absolute Gasteiger partial charge is 0.496 e. The van der Waals surface area contributed by atoms with Crippen molar-refractivity contribution < 1.29 is 18.3 Å². The molecule has 5 nitrogen and oxygen atoms in total. The number of anilines is 3. The summed E-state index contributed by atoms with van der Waals surface area (Å²) in [5.41, 5.74) is 0.997. The van der Waals surface area contributed by atoms with E-state index in [1.54, 1.807) is 36.4 Å². The second kappa shape index (κ2) is 7.60. The third kappa shape index (κ3) is 3.94. The van der Waals surface area contributed by atoms with Crippen molar-refractivity contribution >= 4 is 23.1 Å². The van der Waals surface area contributed by atoms with Gasteiger partial charge in [0.1, 0.15) is 23.2 Å². The van der Waals surface area contributed by atoms with Crippen LogP contribution >= 0.6 is 0 Å². The predicted octanol–water partition coefficient (Wildman–Crippen LogP) is 4.36. The van der Waals surface area contributed by atoms with E-state index in [0.29, 0.717) is 22.8 Å². The van der Waals surface area contributed by atoms with Crippen LogP contribution in [0.25, 0.3) is 0 Å². The highest BCUT2D eigenvalue weighted by atomic mass is 19.1. The summed E-state index contributed by atoms with van der Waals surface area (Å²) in [6, 6.07) is 13.2. The number of rotatable bonds is 5. The SMILES string of the molecule is COc1ccccc1C(=O)Nc1ccc(Nc2ccc(F)cc2F)cn1. The summed E-state index contributed by atoms with van der Waals surface area (Å²) in [6.45, 7) is 0. The number of amides is 1. The van der Waals surface area contributed by atoms with Gasteiger partial charge in [-0.2, -0.15) is 0 Å². The topological polar surface area (TPSA) is 63.2 Å². The minimum absolute atomic E-state index is 0.124. The summed E-state index contributed by atoms with van der Waals surface area (Å²) in [5.74, 6) is -0.944. The normalized spacial score (nSPS) is 10.3. The number of pyridine rings is 1. The summed E-state index contributed by atoms with van der Waals surface area (Å²) < 4.78 is 31.7. The Hall–Kier alpha value is -3.48. The Bertz CT molecular complexity index is 930. The van der Waals surface area contributed by atoms with Crippen molar-refractivity contribution in [3.63, 3.8) is 0 Å². The second-order valence-electron chi connectivity index (χ2n) is 5.34. The summed E-state index contributed by atoms with van der Waals surface area (Å²) in [7, 11) is 1.49. The molecule has 0 spiro atoms. The van der Waals surface area contributed by atoms with Crippen LogP contribution in [-0.4, -0.2) is 18.0 Å². The molecule has 1 heterocycles. The van der Waals surface area contributed by atoms with Crippen molar-refractivity contribution in [2.24, 2.45) is 0 Å². The van der Waals surface area contributed by atoms with Crippen molar-refractivity contribution in [2.45, 2.75) is 0 Å². The monoisotopic (exact) mass is 355 g/mol. The molecule has 0 bridgehead atoms. The number of aromatic nitrogens is 1. The number of carbonyl (C=O) groups excluding carboxylic acids is 1. The van der Waals surface area contributed by atoms with Gasteiger partial charge in [-0.25, -0.2) is 13.8 Å². The maximum Gasteiger partial charge on any atom is 0.260 e. The molecule has 0 aliphatic carbocycles. The summed E-state index contributed by atoms with van der Waals surface area (Å²) >= 11 is 0. The molecule has 0 unspecified atom stereocenters. The van der Waals surface area contributed by atoms with Gasteiger partial charge in [0.25, 0.3) is 5.91 Å². The Morgan fingerprint density at radius 3 is 2.58 bits per heavy atom. The Labute approximate surface area is 148 Å². The predicted molar refractivity (Wildman–Crippen MR) is 94.8 cm³/mol. The van der Waals surface area contributed by atoms with E-state index in [1.165, 1.54) is 19.4 Å². The van der Waals surface area contributed by atoms with E-state index in [4.69, 9.17) is 4.74 Å². The molecule has 0 aliphatic rings. The molecule has 3 aromatic rings. The van der Waals surface area contributed by atoms with Crippen LogP contribution in [0, 0.1) is 11.6 Å². The zero-order valence-electron chi connectivity index (χ0n) is 13.8. The average Bonchev–Trinajstić information content (AvgIpc) is 2.65. The summed E-state index contributed by atoms with van der Waals surface area (Å²) in [5, 5.41) is 5.45. The van der Waals surface area contributed by atoms with Crippen molar-refractivity contribution in [3.8, 4) is 5.75 Å². The number of methoxy groups -OCH3 is 1. The van der Waals surface area contributed by atoms with Gasteiger partial charge in [-0.15, -0.1) is 0 Å². The Balaban J connectivity index is 1.70. The van der Waals surface area contributed by atoms with Crippen LogP contribution in [0.5, 0.6) is 5.75 Å². The van der Waals surface area contributed by atoms with Crippen LogP contribution in [0.15, 0.2) is 60.8 Å². The van der Waals surface area contributed by atoms with E-state index in [0.717, 1.165) is 12.1 Å². The number of ether oxygens (including phenoxy) is 1. The molecule has 0 aliphatic heterocycles. The van der Waals surface area contributed by atoms with E-state index in [9.17, 15) is 13.6 Å². The van der Waals surface area contributed by atoms with E-state index in [1.807, 2.05) is 0 Å². The van der Waals surface area contributed by atoms with E-state index < -0.39 is 11.6 Å². The molecule has 0 radical (unpaired) electrons. The van der Waals surface area contributed by atoms with Gasteiger partial charge in [0, 0.05) is 6.07 Å². The molecule has 26 heavy (non-hydrogen) atoms. The van der Waals surface area contributed by atoms with Gasteiger partial charge in [0.15, 0.2) is 0 Å². The first-order valence-electron chi connectivity index (χ1n) is 7.69. The Morgan fingerprint density at radius 1 is 1.08 bits per heavy atom. The van der Waals surface area contributed by atoms with Crippen molar-refractivity contribution in [1.29, 1.82) is 0 Å². The molecule has 1 aromatic heterocycles. The summed E-state index contributed by atoms with van der Waals surface area (Å²) in [6.07, 6.45) is 1.43. The summed E-state index contributed by atoms with van der Waals surface area (Å²) in [4.78, 5) is 16.4. The Kier molecular flexibility index (Phi) is 5.07. The van der Waals surface area contributed by atoms with E-state index >= 15 is 0 Å². The van der Waals surface area contributed by atoms with E-state index in [-0.39, 0.29) is 11.6 Å². The number of para-hydroxylation sites is 1. The number of halogens is 2. The molecule has 132 valence electrons. The first-order chi connectivity index (χ1) is 12.6. The van der Waals surface area contributed by atoms with Crippen LogP contribution in [0.2, 0.25) is 0 Å². The fourth-order valence-corrected chi connectivity index (χ4v) is 2.30. The maximum atomic E-state index is 13.7. The number of carbonyl (C=O) groups is 1. The van der Waals surface area contributed by atoms with Crippen molar-refractivity contribution in [3.05, 3.63) is 78.0 Å². The third-order valence-electron chi connectivity index (χ3n) is 3.57. The fraction of sp³-hybridized carbons (Fsp3) is 0.0526. The van der Waals surface area contributed by atoms with Crippen LogP contribution < -0.4 is 15.4 Å². The molecule has 7 heteroatoms. The highest BCUT2D eigenvalue weighted by molar-refractivity contribution is 6.05. The maximum absolute atomic E-state index is 13.7. The molecule has 0 saturated heterocycles. The molecule has 2 N–H and O–H groups in total. The van der Waals surface area contributed by atoms with Crippen molar-refractivity contribution in [1.82, 2.24) is 4.98 Å². The van der Waals surface area contributed by atoms with Gasteiger partial charge in [-0.1, -0.05) is 12.1 Å². The Morgan fingerprint density at radius 2 is 1.88 bits per heavy atom. The van der Waals surface area contributed by atoms with Gasteiger partial charge >= 0.3 is 0 Å². The van der Waals surface area contributed by atoms with Gasteiger partial charge in [-0.05, 0) is 36.4 Å². The van der Waals surface area contributed by atoms with Crippen molar-refractivity contribution in [2.75, 3.05) is 17.7 Å². The molecule has 0 saturated carbocycles. The van der Waals surface area contributed by atoms with Gasteiger partial charge in [-0.3, -0.25) is 4.79 Å². The fourth-order valence-electron chi connectivity index (χ4n) is 2.30. The second-order valence-corrected chi connectivity index (χ2v) is 5.34. The standard InChI is InChI=1S/C19H15F2N3O2/c1-26-17-5-3-2-4-14(17)19(25)24-18-9-7-13(11-22-18)23-16-8-6-12(20)10-15(16)21/h2-11,23H,1H3,(H,22,24,25). The molecular formula is C19H15F2N3O2. The van der Waals surface area contributed by atoms with Gasteiger partial charge < -0.3 is 15.4 Å². The minimum atomic E-state index is -0.710. The first kappa shape index (κ1) is 17.3.